The minimum atomic E-state index is -0.225. The molecule has 0 aliphatic carbocycles. The summed E-state index contributed by atoms with van der Waals surface area (Å²) < 4.78 is 0. The van der Waals surface area contributed by atoms with Gasteiger partial charge in [-0.1, -0.05) is 0 Å². The van der Waals surface area contributed by atoms with Gasteiger partial charge in [-0.2, -0.15) is 0 Å². The van der Waals surface area contributed by atoms with Crippen molar-refractivity contribution in [3.8, 4) is 0 Å². The number of likely N-dealkylation sites (N-methyl/N-ethyl adjacent to an activating group) is 1. The molecule has 0 N–H and O–H groups in total. The van der Waals surface area contributed by atoms with E-state index < -0.39 is 0 Å². The highest BCUT2D eigenvalue weighted by atomic mass is 16.2. The van der Waals surface area contributed by atoms with Crippen molar-refractivity contribution in [1.82, 2.24) is 4.90 Å². The predicted octanol–water partition coefficient (Wildman–Crippen LogP) is -1.50. The molecule has 46 valence electrons. The molecule has 3 nitrogen and oxygen atoms in total. The third-order valence-corrected chi connectivity index (χ3v) is 1.31. The van der Waals surface area contributed by atoms with Crippen LogP contribution in [0.1, 0.15) is 0 Å². The first-order valence-corrected chi connectivity index (χ1v) is 2.63. The van der Waals surface area contributed by atoms with Crippen molar-refractivity contribution in [1.29, 1.82) is 0 Å². The second-order valence-electron chi connectivity index (χ2n) is 2.03. The molecule has 0 radical (unpaired) electrons. The zero-order valence-corrected chi connectivity index (χ0v) is 5.34. The molecular formula is C5H6BNO2. The van der Waals surface area contributed by atoms with Crippen molar-refractivity contribution < 1.29 is 9.59 Å². The van der Waals surface area contributed by atoms with Gasteiger partial charge in [-0.05, 0) is 5.47 Å². The lowest BCUT2D eigenvalue weighted by atomic mass is 9.97. The smallest absolute Gasteiger partial charge is 0.252 e. The van der Waals surface area contributed by atoms with E-state index in [1.165, 1.54) is 13.1 Å². The molecular weight excluding hydrogens is 117 g/mol. The van der Waals surface area contributed by atoms with Crippen LogP contribution in [0.4, 0.5) is 0 Å². The lowest BCUT2D eigenvalue weighted by molar-refractivity contribution is -0.135. The van der Waals surface area contributed by atoms with Crippen molar-refractivity contribution in [2.75, 3.05) is 7.05 Å². The van der Waals surface area contributed by atoms with E-state index in [2.05, 4.69) is 0 Å². The fourth-order valence-electron chi connectivity index (χ4n) is 0.708. The third kappa shape index (κ3) is 0.760. The van der Waals surface area contributed by atoms with Gasteiger partial charge in [-0.3, -0.25) is 14.5 Å². The Morgan fingerprint density at radius 1 is 1.56 bits per heavy atom. The lowest BCUT2D eigenvalue weighted by Gasteiger charge is -2.03. The van der Waals surface area contributed by atoms with Crippen LogP contribution in [0.15, 0.2) is 11.5 Å². The first-order valence-electron chi connectivity index (χ1n) is 2.63. The van der Waals surface area contributed by atoms with Crippen LogP contribution in [-0.4, -0.2) is 31.6 Å². The predicted molar refractivity (Wildman–Crippen MR) is 34.4 cm³/mol. The molecule has 1 aliphatic rings. The van der Waals surface area contributed by atoms with Crippen LogP contribution in [0.25, 0.3) is 0 Å². The van der Waals surface area contributed by atoms with Gasteiger partial charge in [0.15, 0.2) is 0 Å². The van der Waals surface area contributed by atoms with Gasteiger partial charge >= 0.3 is 0 Å². The molecule has 0 fully saturated rings. The molecule has 1 rings (SSSR count). The minimum absolute atomic E-state index is 0.194. The van der Waals surface area contributed by atoms with E-state index in [1.54, 1.807) is 7.85 Å². The number of nitrogens with zero attached hydrogens (tertiary/aromatic N) is 1. The number of imide groups is 1. The maximum Gasteiger partial charge on any atom is 0.252 e. The van der Waals surface area contributed by atoms with E-state index in [9.17, 15) is 9.59 Å². The Labute approximate surface area is 53.7 Å². The summed E-state index contributed by atoms with van der Waals surface area (Å²) in [5, 5.41) is 0. The summed E-state index contributed by atoms with van der Waals surface area (Å²) in [6, 6.07) is 0. The van der Waals surface area contributed by atoms with E-state index in [0.29, 0.717) is 5.47 Å². The molecule has 0 atom stereocenters. The van der Waals surface area contributed by atoms with E-state index >= 15 is 0 Å². The van der Waals surface area contributed by atoms with E-state index in [-0.39, 0.29) is 11.8 Å². The molecule has 1 aliphatic heterocycles. The molecule has 0 spiro atoms. The summed E-state index contributed by atoms with van der Waals surface area (Å²) in [7, 11) is 3.10. The number of rotatable bonds is 0. The minimum Gasteiger partial charge on any atom is -0.279 e. The summed E-state index contributed by atoms with van der Waals surface area (Å²) >= 11 is 0. The average molecular weight is 123 g/mol. The number of amides is 2. The van der Waals surface area contributed by atoms with Crippen molar-refractivity contribution in [3.05, 3.63) is 11.5 Å². The molecule has 0 aromatic carbocycles. The Morgan fingerprint density at radius 3 is 2.22 bits per heavy atom. The van der Waals surface area contributed by atoms with E-state index in [1.807, 2.05) is 0 Å². The summed E-state index contributed by atoms with van der Waals surface area (Å²) in [6.45, 7) is 0. The highest BCUT2D eigenvalue weighted by Crippen LogP contribution is 2.05. The fraction of sp³-hybridized carbons (Fsp3) is 0.200. The molecule has 2 amide bonds. The van der Waals surface area contributed by atoms with Crippen molar-refractivity contribution in [2.45, 2.75) is 0 Å². The number of hydrogen-bond donors (Lipinski definition) is 0. The molecule has 0 saturated carbocycles. The normalized spacial score (nSPS) is 18.8. The number of hydrogen-bond acceptors (Lipinski definition) is 2. The molecule has 0 unspecified atom stereocenters. The Balaban J connectivity index is 2.95. The molecule has 0 aromatic heterocycles. The first-order chi connectivity index (χ1) is 4.13. The Hall–Kier alpha value is -1.06. The maximum atomic E-state index is 10.8. The first kappa shape index (κ1) is 6.07. The lowest BCUT2D eigenvalue weighted by Crippen LogP contribution is -2.26. The van der Waals surface area contributed by atoms with Crippen LogP contribution >= 0.6 is 0 Å². The third-order valence-electron chi connectivity index (χ3n) is 1.31. The van der Waals surface area contributed by atoms with Crippen LogP contribution in [0.3, 0.4) is 0 Å². The molecule has 1 heterocycles. The SMILES string of the molecule is BC1=CC(=O)N(C)C1=O. The van der Waals surface area contributed by atoms with Gasteiger partial charge < -0.3 is 0 Å². The second kappa shape index (κ2) is 1.72. The Morgan fingerprint density at radius 2 is 2.11 bits per heavy atom. The molecule has 0 aromatic rings. The van der Waals surface area contributed by atoms with Gasteiger partial charge in [0.25, 0.3) is 5.91 Å². The van der Waals surface area contributed by atoms with Crippen molar-refractivity contribution >= 4 is 19.7 Å². The van der Waals surface area contributed by atoms with Gasteiger partial charge in [0, 0.05) is 13.1 Å². The van der Waals surface area contributed by atoms with Crippen LogP contribution < -0.4 is 0 Å². The van der Waals surface area contributed by atoms with Crippen LogP contribution in [0.5, 0.6) is 0 Å². The quantitative estimate of drug-likeness (QED) is 0.290. The second-order valence-corrected chi connectivity index (χ2v) is 2.03. The highest BCUT2D eigenvalue weighted by Gasteiger charge is 2.23. The summed E-state index contributed by atoms with van der Waals surface area (Å²) in [5.74, 6) is -0.419. The fourth-order valence-corrected chi connectivity index (χ4v) is 0.708. The Bertz CT molecular complexity index is 209. The van der Waals surface area contributed by atoms with Gasteiger partial charge in [0.1, 0.15) is 7.85 Å². The van der Waals surface area contributed by atoms with E-state index in [4.69, 9.17) is 0 Å². The van der Waals surface area contributed by atoms with Gasteiger partial charge in [-0.15, -0.1) is 0 Å². The van der Waals surface area contributed by atoms with Gasteiger partial charge in [0.2, 0.25) is 5.91 Å². The molecule has 0 bridgehead atoms. The van der Waals surface area contributed by atoms with Gasteiger partial charge in [0.05, 0.1) is 0 Å². The summed E-state index contributed by atoms with van der Waals surface area (Å²) in [4.78, 5) is 22.5. The largest absolute Gasteiger partial charge is 0.279 e. The van der Waals surface area contributed by atoms with Crippen LogP contribution in [0.2, 0.25) is 0 Å². The average Bonchev–Trinajstić information content (AvgIpc) is 1.98. The summed E-state index contributed by atoms with van der Waals surface area (Å²) in [5.41, 5.74) is 0.516. The maximum absolute atomic E-state index is 10.8. The zero-order chi connectivity index (χ0) is 7.02. The Kier molecular flexibility index (Phi) is 1.16. The zero-order valence-electron chi connectivity index (χ0n) is 5.34. The monoisotopic (exact) mass is 123 g/mol. The van der Waals surface area contributed by atoms with E-state index in [0.717, 1.165) is 4.90 Å². The standard InChI is InChI=1S/C5H6BNO2/c1-7-4(8)2-3(6)5(7)9/h2H,6H2,1H3. The molecule has 9 heavy (non-hydrogen) atoms. The van der Waals surface area contributed by atoms with Gasteiger partial charge in [-0.25, -0.2) is 0 Å². The molecule has 0 saturated heterocycles. The summed E-state index contributed by atoms with van der Waals surface area (Å²) in [6.07, 6.45) is 1.34. The van der Waals surface area contributed by atoms with Crippen molar-refractivity contribution in [3.63, 3.8) is 0 Å². The number of carbonyl (C=O) groups excluding carboxylic acids is 2. The van der Waals surface area contributed by atoms with Crippen LogP contribution in [-0.2, 0) is 9.59 Å². The topological polar surface area (TPSA) is 37.4 Å². The molecule has 4 heteroatoms. The van der Waals surface area contributed by atoms with Crippen molar-refractivity contribution in [2.24, 2.45) is 0 Å². The highest BCUT2D eigenvalue weighted by molar-refractivity contribution is 6.42. The van der Waals surface area contributed by atoms with Crippen LogP contribution in [0, 0.1) is 0 Å². The number of carbonyl (C=O) groups is 2.